The van der Waals surface area contributed by atoms with E-state index in [4.69, 9.17) is 5.11 Å². The maximum Gasteiger partial charge on any atom is 0.416 e. The van der Waals surface area contributed by atoms with Crippen LogP contribution in [-0.2, 0) is 22.3 Å². The summed E-state index contributed by atoms with van der Waals surface area (Å²) in [5.41, 5.74) is -0.421. The first kappa shape index (κ1) is 21.4. The minimum atomic E-state index is -4.51. The van der Waals surface area contributed by atoms with Crippen LogP contribution in [0.5, 0.6) is 0 Å². The predicted octanol–water partition coefficient (Wildman–Crippen LogP) is 3.38. The van der Waals surface area contributed by atoms with Crippen LogP contribution in [0.25, 0.3) is 0 Å². The van der Waals surface area contributed by atoms with Gasteiger partial charge in [0.15, 0.2) is 0 Å². The Morgan fingerprint density at radius 2 is 1.71 bits per heavy atom. The van der Waals surface area contributed by atoms with Gasteiger partial charge in [-0.2, -0.15) is 13.2 Å². The van der Waals surface area contributed by atoms with Gasteiger partial charge in [0.1, 0.15) is 12.4 Å². The number of aliphatic hydroxyl groups excluding tert-OH is 1. The second-order valence-corrected chi connectivity index (χ2v) is 6.11. The number of amides is 1. The van der Waals surface area contributed by atoms with Crippen LogP contribution >= 0.6 is 0 Å². The molecule has 0 radical (unpaired) electrons. The second-order valence-electron chi connectivity index (χ2n) is 6.11. The van der Waals surface area contributed by atoms with Crippen LogP contribution in [0.4, 0.5) is 17.6 Å². The van der Waals surface area contributed by atoms with Gasteiger partial charge in [-0.1, -0.05) is 24.3 Å². The lowest BCUT2D eigenvalue weighted by Gasteiger charge is -2.23. The molecule has 28 heavy (non-hydrogen) atoms. The van der Waals surface area contributed by atoms with Crippen molar-refractivity contribution in [3.63, 3.8) is 0 Å². The summed E-state index contributed by atoms with van der Waals surface area (Å²) in [5.74, 6) is -2.66. The number of halogens is 4. The summed E-state index contributed by atoms with van der Waals surface area (Å²) in [6.07, 6.45) is -6.37. The molecule has 2 rings (SSSR count). The van der Waals surface area contributed by atoms with Gasteiger partial charge in [0, 0.05) is 6.54 Å². The number of alkyl halides is 3. The Bertz CT molecular complexity index is 837. The van der Waals surface area contributed by atoms with Gasteiger partial charge in [-0.05, 0) is 35.4 Å². The van der Waals surface area contributed by atoms with Gasteiger partial charge in [-0.15, -0.1) is 0 Å². The van der Waals surface area contributed by atoms with E-state index >= 15 is 0 Å². The quantitative estimate of drug-likeness (QED) is 0.700. The van der Waals surface area contributed by atoms with Crippen molar-refractivity contribution in [3.05, 3.63) is 71.0 Å². The third-order valence-corrected chi connectivity index (χ3v) is 3.93. The smallest absolute Gasteiger partial charge is 0.416 e. The highest BCUT2D eigenvalue weighted by molar-refractivity contribution is 5.81. The summed E-state index contributed by atoms with van der Waals surface area (Å²) in [4.78, 5) is 24.3. The van der Waals surface area contributed by atoms with Crippen molar-refractivity contribution >= 4 is 11.9 Å². The number of rotatable bonds is 7. The van der Waals surface area contributed by atoms with E-state index in [1.54, 1.807) is 0 Å². The summed E-state index contributed by atoms with van der Waals surface area (Å²) >= 11 is 0. The van der Waals surface area contributed by atoms with Crippen LogP contribution in [0.15, 0.2) is 48.5 Å². The third kappa shape index (κ3) is 6.05. The van der Waals surface area contributed by atoms with E-state index in [0.29, 0.717) is 5.56 Å². The minimum absolute atomic E-state index is 0.151. The molecule has 0 saturated heterocycles. The molecule has 0 aromatic heterocycles. The van der Waals surface area contributed by atoms with Crippen molar-refractivity contribution in [1.82, 2.24) is 4.90 Å². The largest absolute Gasteiger partial charge is 0.480 e. The zero-order valence-corrected chi connectivity index (χ0v) is 14.5. The highest BCUT2D eigenvalue weighted by atomic mass is 19.4. The van der Waals surface area contributed by atoms with E-state index in [9.17, 15) is 32.3 Å². The molecule has 0 saturated carbocycles. The average Bonchev–Trinajstić information content (AvgIpc) is 2.60. The van der Waals surface area contributed by atoms with Gasteiger partial charge in [-0.25, -0.2) is 4.39 Å². The zero-order valence-electron chi connectivity index (χ0n) is 14.5. The van der Waals surface area contributed by atoms with Crippen LogP contribution < -0.4 is 0 Å². The van der Waals surface area contributed by atoms with Crippen LogP contribution in [0.1, 0.15) is 29.2 Å². The Kier molecular flexibility index (Phi) is 6.74. The van der Waals surface area contributed by atoms with Crippen molar-refractivity contribution in [2.75, 3.05) is 6.54 Å². The number of carbonyl (C=O) groups is 2. The van der Waals surface area contributed by atoms with Crippen LogP contribution in [-0.4, -0.2) is 33.5 Å². The Balaban J connectivity index is 2.11. The molecular weight excluding hydrogens is 382 g/mol. The Labute approximate surface area is 157 Å². The third-order valence-electron chi connectivity index (χ3n) is 3.93. The van der Waals surface area contributed by atoms with E-state index in [0.717, 1.165) is 35.2 Å². The lowest BCUT2D eigenvalue weighted by molar-refractivity contribution is -0.145. The minimum Gasteiger partial charge on any atom is -0.480 e. The monoisotopic (exact) mass is 399 g/mol. The molecule has 0 aliphatic heterocycles. The van der Waals surface area contributed by atoms with E-state index < -0.39 is 48.5 Å². The highest BCUT2D eigenvalue weighted by Gasteiger charge is 2.30. The van der Waals surface area contributed by atoms with E-state index in [1.165, 1.54) is 18.2 Å². The van der Waals surface area contributed by atoms with Gasteiger partial charge in [0.05, 0.1) is 18.1 Å². The molecule has 0 fully saturated rings. The van der Waals surface area contributed by atoms with Gasteiger partial charge in [0.2, 0.25) is 5.91 Å². The number of carbonyl (C=O) groups excluding carboxylic acids is 1. The second kappa shape index (κ2) is 8.83. The maximum atomic E-state index is 13.2. The molecular formula is C19H17F4NO4. The lowest BCUT2D eigenvalue weighted by atomic mass is 10.1. The average molecular weight is 399 g/mol. The fourth-order valence-electron chi connectivity index (χ4n) is 2.54. The van der Waals surface area contributed by atoms with Crippen molar-refractivity contribution in [2.24, 2.45) is 0 Å². The summed E-state index contributed by atoms with van der Waals surface area (Å²) in [7, 11) is 0. The molecule has 1 unspecified atom stereocenters. The molecule has 9 heteroatoms. The number of aliphatic carboxylic acids is 1. The summed E-state index contributed by atoms with van der Waals surface area (Å²) in [5, 5.41) is 19.1. The summed E-state index contributed by atoms with van der Waals surface area (Å²) in [6, 6.07) is 8.95. The van der Waals surface area contributed by atoms with Gasteiger partial charge in [0.25, 0.3) is 0 Å². The number of aliphatic hydroxyl groups is 1. The van der Waals surface area contributed by atoms with Gasteiger partial charge in [-0.3, -0.25) is 9.59 Å². The lowest BCUT2D eigenvalue weighted by Crippen LogP contribution is -2.36. The van der Waals surface area contributed by atoms with Gasteiger partial charge < -0.3 is 15.1 Å². The van der Waals surface area contributed by atoms with E-state index in [-0.39, 0.29) is 12.1 Å². The molecule has 1 atom stereocenters. The molecule has 2 N–H and O–H groups in total. The fourth-order valence-corrected chi connectivity index (χ4v) is 2.54. The first-order valence-corrected chi connectivity index (χ1v) is 8.15. The molecule has 0 aliphatic rings. The molecule has 2 aromatic rings. The summed E-state index contributed by atoms with van der Waals surface area (Å²) in [6.45, 7) is -0.950. The number of nitrogens with zero attached hydrogens (tertiary/aromatic N) is 1. The van der Waals surface area contributed by atoms with Gasteiger partial charge >= 0.3 is 12.1 Å². The molecule has 0 heterocycles. The topological polar surface area (TPSA) is 77.8 Å². The molecule has 1 amide bonds. The van der Waals surface area contributed by atoms with Crippen molar-refractivity contribution in [2.45, 2.75) is 25.2 Å². The zero-order chi connectivity index (χ0) is 20.9. The van der Waals surface area contributed by atoms with E-state index in [1.807, 2.05) is 0 Å². The molecule has 0 aliphatic carbocycles. The summed E-state index contributed by atoms with van der Waals surface area (Å²) < 4.78 is 51.1. The highest BCUT2D eigenvalue weighted by Crippen LogP contribution is 2.29. The van der Waals surface area contributed by atoms with Crippen LogP contribution in [0.3, 0.4) is 0 Å². The molecule has 0 spiro atoms. The first-order valence-electron chi connectivity index (χ1n) is 8.15. The SMILES string of the molecule is O=C(O)CN(Cc1ccc(C(F)(F)F)cc1)C(=O)CC(O)c1cccc(F)c1. The number of carboxylic acids is 1. The normalized spacial score (nSPS) is 12.5. The molecule has 0 bridgehead atoms. The van der Waals surface area contributed by atoms with Crippen molar-refractivity contribution < 1.29 is 37.4 Å². The fraction of sp³-hybridized carbons (Fsp3) is 0.263. The molecule has 5 nitrogen and oxygen atoms in total. The van der Waals surface area contributed by atoms with Crippen molar-refractivity contribution in [3.8, 4) is 0 Å². The Morgan fingerprint density at radius 3 is 2.25 bits per heavy atom. The van der Waals surface area contributed by atoms with E-state index in [2.05, 4.69) is 0 Å². The number of hydrogen-bond acceptors (Lipinski definition) is 3. The van der Waals surface area contributed by atoms with Crippen molar-refractivity contribution in [1.29, 1.82) is 0 Å². The molecule has 150 valence electrons. The van der Waals surface area contributed by atoms with Crippen LogP contribution in [0, 0.1) is 5.82 Å². The number of benzene rings is 2. The Hall–Kier alpha value is -2.94. The number of hydrogen-bond donors (Lipinski definition) is 2. The first-order chi connectivity index (χ1) is 13.1. The predicted molar refractivity (Wildman–Crippen MR) is 90.5 cm³/mol. The number of carboxylic acid groups (broad SMARTS) is 1. The Morgan fingerprint density at radius 1 is 1.07 bits per heavy atom. The molecule has 2 aromatic carbocycles. The van der Waals surface area contributed by atoms with Crippen LogP contribution in [0.2, 0.25) is 0 Å². The maximum absolute atomic E-state index is 13.2. The standard InChI is InChI=1S/C19H17F4NO4/c20-15-3-1-2-13(8-15)16(25)9-17(26)24(11-18(27)28)10-12-4-6-14(7-5-12)19(21,22)23/h1-8,16,25H,9-11H2,(H,27,28).